The molecule has 0 spiro atoms. The van der Waals surface area contributed by atoms with Crippen molar-refractivity contribution in [2.75, 3.05) is 19.7 Å². The third-order valence-corrected chi connectivity index (χ3v) is 3.71. The molecule has 4 heteroatoms. The van der Waals surface area contributed by atoms with Gasteiger partial charge < -0.3 is 10.2 Å². The van der Waals surface area contributed by atoms with E-state index in [9.17, 15) is 9.90 Å². The third kappa shape index (κ3) is 3.96. The maximum Gasteiger partial charge on any atom is 0.321 e. The van der Waals surface area contributed by atoms with Crippen LogP contribution >= 0.6 is 0 Å². The Morgan fingerprint density at radius 1 is 1.35 bits per heavy atom. The van der Waals surface area contributed by atoms with Gasteiger partial charge in [-0.05, 0) is 50.6 Å². The Morgan fingerprint density at radius 2 is 2.06 bits per heavy atom. The lowest BCUT2D eigenvalue weighted by molar-refractivity contribution is -0.150. The molecular weight excluding hydrogens is 218 g/mol. The average Bonchev–Trinajstić information content (AvgIpc) is 2.22. The number of carbonyl (C=O) groups is 1. The van der Waals surface area contributed by atoms with Crippen LogP contribution in [0, 0.1) is 5.41 Å². The summed E-state index contributed by atoms with van der Waals surface area (Å²) in [6.07, 6.45) is 4.82. The maximum absolute atomic E-state index is 11.4. The minimum Gasteiger partial charge on any atom is -0.480 e. The number of unbranched alkanes of at least 4 members (excludes halogenated alkanes) is 2. The molecule has 0 saturated carbocycles. The first-order valence-electron chi connectivity index (χ1n) is 6.57. The Hall–Kier alpha value is -0.610. The number of likely N-dealkylation sites (tertiary alicyclic amines) is 1. The number of piperidine rings is 1. The van der Waals surface area contributed by atoms with E-state index in [-0.39, 0.29) is 18.1 Å². The van der Waals surface area contributed by atoms with Crippen LogP contribution in [0.5, 0.6) is 0 Å². The summed E-state index contributed by atoms with van der Waals surface area (Å²) in [6.45, 7) is 6.05. The van der Waals surface area contributed by atoms with Crippen molar-refractivity contribution in [3.8, 4) is 0 Å². The summed E-state index contributed by atoms with van der Waals surface area (Å²) in [5.74, 6) is -0.697. The van der Waals surface area contributed by atoms with Crippen molar-refractivity contribution in [3.05, 3.63) is 0 Å². The topological polar surface area (TPSA) is 60.8 Å². The van der Waals surface area contributed by atoms with E-state index in [0.29, 0.717) is 0 Å². The highest BCUT2D eigenvalue weighted by atomic mass is 16.4. The smallest absolute Gasteiger partial charge is 0.321 e. The minimum atomic E-state index is -0.697. The Labute approximate surface area is 104 Å². The molecule has 0 radical (unpaired) electrons. The van der Waals surface area contributed by atoms with Gasteiger partial charge in [0.25, 0.3) is 0 Å². The molecule has 4 nitrogen and oxygen atoms in total. The molecule has 1 atom stereocenters. The minimum absolute atomic E-state index is 0.138. The highest BCUT2D eigenvalue weighted by molar-refractivity contribution is 5.74. The SMILES string of the molecule is CC1(C)CCCN(CCCCCO)C1C(=O)O. The molecular formula is C13H25NO3. The Bertz CT molecular complexity index is 253. The van der Waals surface area contributed by atoms with Crippen LogP contribution in [-0.2, 0) is 4.79 Å². The lowest BCUT2D eigenvalue weighted by Gasteiger charge is -2.44. The summed E-state index contributed by atoms with van der Waals surface area (Å²) in [7, 11) is 0. The molecule has 17 heavy (non-hydrogen) atoms. The van der Waals surface area contributed by atoms with Crippen molar-refractivity contribution in [1.29, 1.82) is 0 Å². The average molecular weight is 243 g/mol. The number of carboxylic acid groups (broad SMARTS) is 1. The Kier molecular flexibility index (Phi) is 5.40. The van der Waals surface area contributed by atoms with Gasteiger partial charge in [-0.1, -0.05) is 13.8 Å². The number of nitrogens with zero attached hydrogens (tertiary/aromatic N) is 1. The largest absolute Gasteiger partial charge is 0.480 e. The van der Waals surface area contributed by atoms with Crippen LogP contribution in [0.3, 0.4) is 0 Å². The molecule has 1 aliphatic heterocycles. The number of aliphatic carboxylic acids is 1. The van der Waals surface area contributed by atoms with Crippen LogP contribution < -0.4 is 0 Å². The van der Waals surface area contributed by atoms with Gasteiger partial charge in [-0.15, -0.1) is 0 Å². The molecule has 1 aliphatic rings. The predicted molar refractivity (Wildman–Crippen MR) is 66.9 cm³/mol. The molecule has 0 aromatic carbocycles. The molecule has 1 saturated heterocycles. The van der Waals surface area contributed by atoms with Crippen molar-refractivity contribution in [3.63, 3.8) is 0 Å². The van der Waals surface area contributed by atoms with E-state index in [1.807, 2.05) is 13.8 Å². The fraction of sp³-hybridized carbons (Fsp3) is 0.923. The first-order valence-corrected chi connectivity index (χ1v) is 6.57. The summed E-state index contributed by atoms with van der Waals surface area (Å²) in [5.41, 5.74) is -0.138. The number of aliphatic hydroxyl groups excluding tert-OH is 1. The summed E-state index contributed by atoms with van der Waals surface area (Å²) >= 11 is 0. The van der Waals surface area contributed by atoms with Crippen molar-refractivity contribution >= 4 is 5.97 Å². The molecule has 1 rings (SSSR count). The number of hydrogen-bond acceptors (Lipinski definition) is 3. The second-order valence-electron chi connectivity index (χ2n) is 5.65. The fourth-order valence-electron chi connectivity index (χ4n) is 2.83. The second kappa shape index (κ2) is 6.36. The number of carboxylic acids is 1. The molecule has 0 aromatic rings. The first-order chi connectivity index (χ1) is 7.99. The zero-order valence-electron chi connectivity index (χ0n) is 11.0. The van der Waals surface area contributed by atoms with Gasteiger partial charge in [0, 0.05) is 6.61 Å². The van der Waals surface area contributed by atoms with Crippen molar-refractivity contribution in [2.45, 2.75) is 52.0 Å². The third-order valence-electron chi connectivity index (χ3n) is 3.71. The quantitative estimate of drug-likeness (QED) is 0.697. The van der Waals surface area contributed by atoms with Crippen LogP contribution in [0.1, 0.15) is 46.0 Å². The zero-order valence-corrected chi connectivity index (χ0v) is 11.0. The first kappa shape index (κ1) is 14.5. The second-order valence-corrected chi connectivity index (χ2v) is 5.65. The highest BCUT2D eigenvalue weighted by Gasteiger charge is 2.41. The van der Waals surface area contributed by atoms with E-state index >= 15 is 0 Å². The van der Waals surface area contributed by atoms with E-state index < -0.39 is 5.97 Å². The maximum atomic E-state index is 11.4. The van der Waals surface area contributed by atoms with Gasteiger partial charge >= 0.3 is 5.97 Å². The molecule has 0 aliphatic carbocycles. The highest BCUT2D eigenvalue weighted by Crippen LogP contribution is 2.35. The van der Waals surface area contributed by atoms with E-state index in [0.717, 1.165) is 45.2 Å². The summed E-state index contributed by atoms with van der Waals surface area (Å²) in [4.78, 5) is 13.5. The summed E-state index contributed by atoms with van der Waals surface area (Å²) in [5, 5.41) is 18.1. The summed E-state index contributed by atoms with van der Waals surface area (Å²) in [6, 6.07) is -0.356. The van der Waals surface area contributed by atoms with Crippen LogP contribution in [0.4, 0.5) is 0 Å². The van der Waals surface area contributed by atoms with E-state index in [1.165, 1.54) is 0 Å². The van der Waals surface area contributed by atoms with Gasteiger partial charge in [0.15, 0.2) is 0 Å². The lowest BCUT2D eigenvalue weighted by Crippen LogP contribution is -2.54. The van der Waals surface area contributed by atoms with Gasteiger partial charge in [0.2, 0.25) is 0 Å². The molecule has 1 heterocycles. The van der Waals surface area contributed by atoms with E-state index in [2.05, 4.69) is 4.90 Å². The molecule has 0 aromatic heterocycles. The van der Waals surface area contributed by atoms with Crippen LogP contribution in [0.2, 0.25) is 0 Å². The molecule has 0 amide bonds. The molecule has 1 fully saturated rings. The standard InChI is InChI=1S/C13H25NO3/c1-13(2)7-6-9-14(11(13)12(16)17)8-4-3-5-10-15/h11,15H,3-10H2,1-2H3,(H,16,17). The van der Waals surface area contributed by atoms with Crippen LogP contribution in [0.25, 0.3) is 0 Å². The molecule has 2 N–H and O–H groups in total. The molecule has 1 unspecified atom stereocenters. The van der Waals surface area contributed by atoms with Gasteiger partial charge in [-0.2, -0.15) is 0 Å². The summed E-state index contributed by atoms with van der Waals surface area (Å²) < 4.78 is 0. The number of rotatable bonds is 6. The van der Waals surface area contributed by atoms with E-state index in [1.54, 1.807) is 0 Å². The Balaban J connectivity index is 2.53. The Morgan fingerprint density at radius 3 is 2.65 bits per heavy atom. The molecule has 0 bridgehead atoms. The predicted octanol–water partition coefficient (Wildman–Crippen LogP) is 1.72. The van der Waals surface area contributed by atoms with Crippen molar-refractivity contribution in [1.82, 2.24) is 4.90 Å². The van der Waals surface area contributed by atoms with Gasteiger partial charge in [0.1, 0.15) is 6.04 Å². The van der Waals surface area contributed by atoms with Crippen LogP contribution in [0.15, 0.2) is 0 Å². The number of aliphatic hydroxyl groups is 1. The number of hydrogen-bond donors (Lipinski definition) is 2. The van der Waals surface area contributed by atoms with Crippen molar-refractivity contribution in [2.24, 2.45) is 5.41 Å². The van der Waals surface area contributed by atoms with Gasteiger partial charge in [-0.25, -0.2) is 0 Å². The van der Waals surface area contributed by atoms with Gasteiger partial charge in [0.05, 0.1) is 0 Å². The zero-order chi connectivity index (χ0) is 12.9. The van der Waals surface area contributed by atoms with Crippen LogP contribution in [-0.4, -0.2) is 46.8 Å². The lowest BCUT2D eigenvalue weighted by atomic mass is 9.76. The fourth-order valence-corrected chi connectivity index (χ4v) is 2.83. The monoisotopic (exact) mass is 243 g/mol. The van der Waals surface area contributed by atoms with Crippen molar-refractivity contribution < 1.29 is 15.0 Å². The normalized spacial score (nSPS) is 24.8. The van der Waals surface area contributed by atoms with Gasteiger partial charge in [-0.3, -0.25) is 9.69 Å². The van der Waals surface area contributed by atoms with E-state index in [4.69, 9.17) is 5.11 Å². The molecule has 100 valence electrons.